The van der Waals surface area contributed by atoms with Gasteiger partial charge in [0.25, 0.3) is 0 Å². The van der Waals surface area contributed by atoms with E-state index < -0.39 is 0 Å². The highest BCUT2D eigenvalue weighted by atomic mass is 35.5. The number of carbonyl (C=O) groups excluding carboxylic acids is 2. The zero-order valence-electron chi connectivity index (χ0n) is 13.4. The first-order chi connectivity index (χ1) is 11.5. The molecule has 2 aromatic carbocycles. The predicted octanol–water partition coefficient (Wildman–Crippen LogP) is 3.33. The number of anilines is 2. The minimum Gasteiger partial charge on any atom is -0.495 e. The molecule has 0 aromatic heterocycles. The summed E-state index contributed by atoms with van der Waals surface area (Å²) in [5.74, 6) is 0.336. The van der Waals surface area contributed by atoms with E-state index in [9.17, 15) is 9.59 Å². The number of aryl methyl sites for hydroxylation is 1. The molecule has 2 amide bonds. The van der Waals surface area contributed by atoms with Crippen LogP contribution in [0.15, 0.2) is 30.3 Å². The zero-order chi connectivity index (χ0) is 17.3. The van der Waals surface area contributed by atoms with Gasteiger partial charge >= 0.3 is 0 Å². The molecule has 124 valence electrons. The Morgan fingerprint density at radius 1 is 1.33 bits per heavy atom. The average molecular weight is 345 g/mol. The second-order valence-electron chi connectivity index (χ2n) is 5.74. The van der Waals surface area contributed by atoms with Gasteiger partial charge in [-0.1, -0.05) is 23.7 Å². The number of carbonyl (C=O) groups is 2. The number of nitrogens with one attached hydrogen (secondary N) is 2. The van der Waals surface area contributed by atoms with Crippen molar-refractivity contribution in [2.24, 2.45) is 0 Å². The largest absolute Gasteiger partial charge is 0.495 e. The first kappa shape index (κ1) is 16.3. The summed E-state index contributed by atoms with van der Waals surface area (Å²) >= 11 is 6.07. The van der Waals surface area contributed by atoms with Crippen molar-refractivity contribution in [1.82, 2.24) is 0 Å². The maximum Gasteiger partial charge on any atom is 0.228 e. The van der Waals surface area contributed by atoms with Crippen molar-refractivity contribution in [3.05, 3.63) is 52.0 Å². The van der Waals surface area contributed by atoms with Gasteiger partial charge in [0.15, 0.2) is 0 Å². The van der Waals surface area contributed by atoms with Crippen LogP contribution in [0.2, 0.25) is 5.02 Å². The molecule has 6 heteroatoms. The molecule has 1 aliphatic heterocycles. The fourth-order valence-electron chi connectivity index (χ4n) is 2.70. The van der Waals surface area contributed by atoms with Crippen LogP contribution in [-0.2, 0) is 22.4 Å². The van der Waals surface area contributed by atoms with Crippen LogP contribution in [0, 0.1) is 6.92 Å². The van der Waals surface area contributed by atoms with Gasteiger partial charge in [-0.2, -0.15) is 0 Å². The Bertz CT molecular complexity index is 833. The predicted molar refractivity (Wildman–Crippen MR) is 93.9 cm³/mol. The first-order valence-electron chi connectivity index (χ1n) is 7.52. The minimum atomic E-state index is -0.160. The van der Waals surface area contributed by atoms with Crippen molar-refractivity contribution < 1.29 is 14.3 Å². The number of fused-ring (bicyclic) bond motifs is 1. The van der Waals surface area contributed by atoms with Crippen molar-refractivity contribution in [1.29, 1.82) is 0 Å². The fourth-order valence-corrected chi connectivity index (χ4v) is 2.86. The van der Waals surface area contributed by atoms with E-state index in [2.05, 4.69) is 10.6 Å². The topological polar surface area (TPSA) is 67.4 Å². The van der Waals surface area contributed by atoms with Gasteiger partial charge in [0.2, 0.25) is 11.8 Å². The molecule has 0 unspecified atom stereocenters. The molecule has 0 saturated carbocycles. The van der Waals surface area contributed by atoms with E-state index in [1.54, 1.807) is 12.1 Å². The summed E-state index contributed by atoms with van der Waals surface area (Å²) in [5.41, 5.74) is 4.04. The molecule has 1 heterocycles. The summed E-state index contributed by atoms with van der Waals surface area (Å²) in [5, 5.41) is 6.21. The number of amides is 2. The Morgan fingerprint density at radius 3 is 2.88 bits per heavy atom. The summed E-state index contributed by atoms with van der Waals surface area (Å²) in [6, 6.07) is 9.02. The van der Waals surface area contributed by atoms with E-state index in [0.29, 0.717) is 22.9 Å². The SMILES string of the molecule is COc1cc(Cl)c(C)cc1NC(=O)Cc1ccc2c(c1)CC(=O)N2. The molecular weight excluding hydrogens is 328 g/mol. The van der Waals surface area contributed by atoms with Gasteiger partial charge in [-0.3, -0.25) is 9.59 Å². The normalized spacial score (nSPS) is 12.5. The fraction of sp³-hybridized carbons (Fsp3) is 0.222. The monoisotopic (exact) mass is 344 g/mol. The van der Waals surface area contributed by atoms with Gasteiger partial charge < -0.3 is 15.4 Å². The number of rotatable bonds is 4. The highest BCUT2D eigenvalue weighted by Gasteiger charge is 2.18. The van der Waals surface area contributed by atoms with Crippen LogP contribution in [0.5, 0.6) is 5.75 Å². The van der Waals surface area contributed by atoms with E-state index in [4.69, 9.17) is 16.3 Å². The summed E-state index contributed by atoms with van der Waals surface area (Å²) < 4.78 is 5.26. The Labute approximate surface area is 145 Å². The molecule has 24 heavy (non-hydrogen) atoms. The van der Waals surface area contributed by atoms with E-state index in [-0.39, 0.29) is 18.2 Å². The van der Waals surface area contributed by atoms with E-state index in [1.807, 2.05) is 25.1 Å². The lowest BCUT2D eigenvalue weighted by atomic mass is 10.1. The lowest BCUT2D eigenvalue weighted by Gasteiger charge is -2.12. The van der Waals surface area contributed by atoms with Gasteiger partial charge in [-0.15, -0.1) is 0 Å². The lowest BCUT2D eigenvalue weighted by Crippen LogP contribution is -2.15. The van der Waals surface area contributed by atoms with Crippen LogP contribution in [-0.4, -0.2) is 18.9 Å². The summed E-state index contributed by atoms with van der Waals surface area (Å²) in [4.78, 5) is 23.7. The quantitative estimate of drug-likeness (QED) is 0.894. The average Bonchev–Trinajstić information content (AvgIpc) is 2.90. The molecule has 0 bridgehead atoms. The third-order valence-corrected chi connectivity index (χ3v) is 4.32. The molecule has 1 aliphatic rings. The van der Waals surface area contributed by atoms with Crippen LogP contribution >= 0.6 is 11.6 Å². The maximum absolute atomic E-state index is 12.3. The zero-order valence-corrected chi connectivity index (χ0v) is 14.2. The third-order valence-electron chi connectivity index (χ3n) is 3.91. The minimum absolute atomic E-state index is 0.0204. The molecule has 0 aliphatic carbocycles. The second-order valence-corrected chi connectivity index (χ2v) is 6.15. The smallest absolute Gasteiger partial charge is 0.228 e. The molecule has 2 aromatic rings. The van der Waals surface area contributed by atoms with Crippen molar-refractivity contribution in [3.8, 4) is 5.75 Å². The second kappa shape index (κ2) is 6.53. The number of halogens is 1. The Morgan fingerprint density at radius 2 is 2.12 bits per heavy atom. The third kappa shape index (κ3) is 3.36. The Balaban J connectivity index is 1.74. The van der Waals surface area contributed by atoms with Crippen molar-refractivity contribution >= 4 is 34.8 Å². The number of hydrogen-bond donors (Lipinski definition) is 2. The first-order valence-corrected chi connectivity index (χ1v) is 7.89. The molecular formula is C18H17ClN2O3. The molecule has 0 saturated heterocycles. The van der Waals surface area contributed by atoms with Gasteiger partial charge in [-0.05, 0) is 35.7 Å². The number of ether oxygens (including phenoxy) is 1. The molecule has 5 nitrogen and oxygen atoms in total. The van der Waals surface area contributed by atoms with Crippen LogP contribution in [0.1, 0.15) is 16.7 Å². The van der Waals surface area contributed by atoms with Crippen molar-refractivity contribution in [3.63, 3.8) is 0 Å². The van der Waals surface area contributed by atoms with Gasteiger partial charge in [0.05, 0.1) is 25.6 Å². The summed E-state index contributed by atoms with van der Waals surface area (Å²) in [6.07, 6.45) is 0.571. The highest BCUT2D eigenvalue weighted by Crippen LogP contribution is 2.31. The number of benzene rings is 2. The molecule has 3 rings (SSSR count). The van der Waals surface area contributed by atoms with Gasteiger partial charge in [0.1, 0.15) is 5.75 Å². The van der Waals surface area contributed by atoms with E-state index >= 15 is 0 Å². The van der Waals surface area contributed by atoms with Gasteiger partial charge in [0, 0.05) is 16.8 Å². The molecule has 2 N–H and O–H groups in total. The highest BCUT2D eigenvalue weighted by molar-refractivity contribution is 6.31. The lowest BCUT2D eigenvalue weighted by molar-refractivity contribution is -0.116. The molecule has 0 atom stereocenters. The molecule has 0 fully saturated rings. The van der Waals surface area contributed by atoms with Crippen LogP contribution in [0.3, 0.4) is 0 Å². The van der Waals surface area contributed by atoms with E-state index in [1.165, 1.54) is 7.11 Å². The number of hydrogen-bond acceptors (Lipinski definition) is 3. The Hall–Kier alpha value is -2.53. The van der Waals surface area contributed by atoms with Gasteiger partial charge in [-0.25, -0.2) is 0 Å². The van der Waals surface area contributed by atoms with Crippen molar-refractivity contribution in [2.75, 3.05) is 17.7 Å². The van der Waals surface area contributed by atoms with Crippen LogP contribution in [0.4, 0.5) is 11.4 Å². The standard InChI is InChI=1S/C18H17ClN2O3/c1-10-5-15(16(24-2)9-13(10)19)21-17(22)7-11-3-4-14-12(6-11)8-18(23)20-14/h3-6,9H,7-8H2,1-2H3,(H,20,23)(H,21,22). The Kier molecular flexibility index (Phi) is 4.44. The molecule has 0 spiro atoms. The van der Waals surface area contributed by atoms with Crippen LogP contribution in [0.25, 0.3) is 0 Å². The van der Waals surface area contributed by atoms with E-state index in [0.717, 1.165) is 22.4 Å². The summed E-state index contributed by atoms with van der Waals surface area (Å²) in [6.45, 7) is 1.86. The van der Waals surface area contributed by atoms with Crippen molar-refractivity contribution in [2.45, 2.75) is 19.8 Å². The summed E-state index contributed by atoms with van der Waals surface area (Å²) in [7, 11) is 1.53. The van der Waals surface area contributed by atoms with Crippen LogP contribution < -0.4 is 15.4 Å². The maximum atomic E-state index is 12.3. The number of methoxy groups -OCH3 is 1. The molecule has 0 radical (unpaired) electrons.